The molecule has 0 spiro atoms. The van der Waals surface area contributed by atoms with Crippen LogP contribution in [0, 0.1) is 17.0 Å². The second-order valence-corrected chi connectivity index (χ2v) is 4.99. The van der Waals surface area contributed by atoms with Crippen molar-refractivity contribution < 1.29 is 14.6 Å². The normalized spacial score (nSPS) is 11.1. The highest BCUT2D eigenvalue weighted by Crippen LogP contribution is 2.28. The van der Waals surface area contributed by atoms with Gasteiger partial charge in [0, 0.05) is 30.4 Å². The number of rotatable bonds is 6. The minimum absolute atomic E-state index is 0.0553. The molecule has 1 aromatic carbocycles. The van der Waals surface area contributed by atoms with E-state index >= 15 is 0 Å². The highest BCUT2D eigenvalue weighted by Gasteiger charge is 2.22. The molecule has 0 saturated carbocycles. The van der Waals surface area contributed by atoms with Crippen molar-refractivity contribution in [3.63, 3.8) is 0 Å². The predicted octanol–water partition coefficient (Wildman–Crippen LogP) is 3.61. The summed E-state index contributed by atoms with van der Waals surface area (Å²) in [4.78, 5) is 12.6. The molecule has 7 heteroatoms. The number of aromatic hydroxyl groups is 1. The number of phenols is 1. The lowest BCUT2D eigenvalue weighted by Gasteiger charge is -2.21. The Morgan fingerprint density at radius 2 is 2.04 bits per heavy atom. The van der Waals surface area contributed by atoms with Crippen molar-refractivity contribution in [2.75, 3.05) is 18.0 Å². The first-order chi connectivity index (χ1) is 11.0. The molecule has 1 aromatic heterocycles. The molecular formula is C16H19N3O4. The third kappa shape index (κ3) is 3.50. The van der Waals surface area contributed by atoms with E-state index < -0.39 is 4.92 Å². The van der Waals surface area contributed by atoms with Crippen molar-refractivity contribution in [3.05, 3.63) is 45.3 Å². The molecule has 0 radical (unpaired) electrons. The van der Waals surface area contributed by atoms with Crippen molar-refractivity contribution in [2.24, 2.45) is 0 Å². The summed E-state index contributed by atoms with van der Waals surface area (Å²) in [6, 6.07) is 5.33. The first kappa shape index (κ1) is 16.5. The van der Waals surface area contributed by atoms with Gasteiger partial charge in [-0.1, -0.05) is 5.16 Å². The molecule has 0 unspecified atom stereocenters. The molecule has 7 nitrogen and oxygen atoms in total. The number of benzene rings is 1. The average Bonchev–Trinajstić information content (AvgIpc) is 2.88. The highest BCUT2D eigenvalue weighted by molar-refractivity contribution is 5.75. The van der Waals surface area contributed by atoms with E-state index in [4.69, 9.17) is 4.52 Å². The number of phenolic OH excluding ortho intramolecular Hbond substituents is 1. The van der Waals surface area contributed by atoms with Gasteiger partial charge in [0.1, 0.15) is 5.75 Å². The fourth-order valence-corrected chi connectivity index (χ4v) is 2.34. The minimum Gasteiger partial charge on any atom is -0.507 e. The molecule has 0 aliphatic carbocycles. The van der Waals surface area contributed by atoms with Crippen molar-refractivity contribution in [2.45, 2.75) is 20.8 Å². The Kier molecular flexibility index (Phi) is 5.00. The van der Waals surface area contributed by atoms with Crippen LogP contribution in [0.1, 0.15) is 30.9 Å². The third-order valence-electron chi connectivity index (χ3n) is 3.60. The van der Waals surface area contributed by atoms with Crippen LogP contribution in [-0.4, -0.2) is 28.3 Å². The van der Waals surface area contributed by atoms with Crippen LogP contribution in [-0.2, 0) is 0 Å². The number of nitrogens with zero attached hydrogens (tertiary/aromatic N) is 3. The lowest BCUT2D eigenvalue weighted by Crippen LogP contribution is -2.21. The second-order valence-electron chi connectivity index (χ2n) is 4.99. The van der Waals surface area contributed by atoms with Crippen molar-refractivity contribution in [1.29, 1.82) is 0 Å². The highest BCUT2D eigenvalue weighted by atomic mass is 16.6. The second kappa shape index (κ2) is 6.95. The van der Waals surface area contributed by atoms with Gasteiger partial charge < -0.3 is 14.5 Å². The molecule has 23 heavy (non-hydrogen) atoms. The molecular weight excluding hydrogens is 298 g/mol. The Morgan fingerprint density at radius 1 is 1.35 bits per heavy atom. The monoisotopic (exact) mass is 317 g/mol. The van der Waals surface area contributed by atoms with Gasteiger partial charge in [-0.05, 0) is 45.1 Å². The van der Waals surface area contributed by atoms with Gasteiger partial charge in [-0.25, -0.2) is 0 Å². The standard InChI is InChI=1S/C16H19N3O4/c1-4-18(5-2)13-8-6-12(14(20)10-13)7-9-15-16(19(21)22)11(3)17-23-15/h6-10,20H,4-5H2,1-3H3. The molecule has 0 saturated heterocycles. The summed E-state index contributed by atoms with van der Waals surface area (Å²) in [6.45, 7) is 7.28. The Bertz CT molecular complexity index is 733. The van der Waals surface area contributed by atoms with Gasteiger partial charge in [-0.2, -0.15) is 0 Å². The van der Waals surface area contributed by atoms with E-state index in [1.807, 2.05) is 19.9 Å². The van der Waals surface area contributed by atoms with Crippen molar-refractivity contribution >= 4 is 23.5 Å². The summed E-state index contributed by atoms with van der Waals surface area (Å²) in [6.07, 6.45) is 3.00. The molecule has 0 bridgehead atoms. The van der Waals surface area contributed by atoms with Gasteiger partial charge in [0.2, 0.25) is 5.76 Å². The number of nitro groups is 1. The van der Waals surface area contributed by atoms with Gasteiger partial charge >= 0.3 is 5.69 Å². The summed E-state index contributed by atoms with van der Waals surface area (Å²) >= 11 is 0. The zero-order valence-electron chi connectivity index (χ0n) is 13.3. The maximum Gasteiger partial charge on any atom is 0.338 e. The Balaban J connectivity index is 2.29. The van der Waals surface area contributed by atoms with Crippen molar-refractivity contribution in [1.82, 2.24) is 5.16 Å². The molecule has 122 valence electrons. The molecule has 0 atom stereocenters. The Labute approximate surface area is 134 Å². The zero-order chi connectivity index (χ0) is 17.0. The fraction of sp³-hybridized carbons (Fsp3) is 0.312. The smallest absolute Gasteiger partial charge is 0.338 e. The molecule has 2 aromatic rings. The Hall–Kier alpha value is -2.83. The van der Waals surface area contributed by atoms with Crippen molar-refractivity contribution in [3.8, 4) is 5.75 Å². The minimum atomic E-state index is -0.533. The number of anilines is 1. The number of hydrogen-bond acceptors (Lipinski definition) is 6. The maximum absolute atomic E-state index is 11.0. The molecule has 2 rings (SSSR count). The summed E-state index contributed by atoms with van der Waals surface area (Å²) in [5, 5.41) is 24.7. The summed E-state index contributed by atoms with van der Waals surface area (Å²) in [5.41, 5.74) is 1.52. The van der Waals surface area contributed by atoms with E-state index in [9.17, 15) is 15.2 Å². The molecule has 0 aliphatic rings. The van der Waals surface area contributed by atoms with E-state index in [2.05, 4.69) is 10.1 Å². The van der Waals surface area contributed by atoms with Crippen LogP contribution in [0.15, 0.2) is 22.7 Å². The third-order valence-corrected chi connectivity index (χ3v) is 3.60. The summed E-state index contributed by atoms with van der Waals surface area (Å²) in [7, 11) is 0. The van der Waals surface area contributed by atoms with Gasteiger partial charge in [0.15, 0.2) is 5.69 Å². The van der Waals surface area contributed by atoms with E-state index in [1.165, 1.54) is 13.0 Å². The van der Waals surface area contributed by atoms with Crippen LogP contribution in [0.25, 0.3) is 12.2 Å². The largest absolute Gasteiger partial charge is 0.507 e. The maximum atomic E-state index is 11.0. The first-order valence-corrected chi connectivity index (χ1v) is 7.34. The van der Waals surface area contributed by atoms with Gasteiger partial charge in [0.25, 0.3) is 0 Å². The average molecular weight is 317 g/mol. The van der Waals surface area contributed by atoms with E-state index in [0.29, 0.717) is 5.56 Å². The lowest BCUT2D eigenvalue weighted by molar-refractivity contribution is -0.386. The zero-order valence-corrected chi connectivity index (χ0v) is 13.3. The van der Waals surface area contributed by atoms with Crippen LogP contribution < -0.4 is 4.90 Å². The SMILES string of the molecule is CCN(CC)c1ccc(C=Cc2onc(C)c2[N+](=O)[O-])c(O)c1. The Morgan fingerprint density at radius 3 is 2.61 bits per heavy atom. The number of aromatic nitrogens is 1. The predicted molar refractivity (Wildman–Crippen MR) is 88.5 cm³/mol. The van der Waals surface area contributed by atoms with Crippen LogP contribution in [0.2, 0.25) is 0 Å². The molecule has 0 fully saturated rings. The van der Waals surface area contributed by atoms with Crippen LogP contribution in [0.3, 0.4) is 0 Å². The van der Waals surface area contributed by atoms with E-state index in [1.54, 1.807) is 18.2 Å². The quantitative estimate of drug-likeness (QED) is 0.646. The van der Waals surface area contributed by atoms with Crippen LogP contribution >= 0.6 is 0 Å². The molecule has 0 amide bonds. The van der Waals surface area contributed by atoms with Crippen LogP contribution in [0.5, 0.6) is 5.75 Å². The first-order valence-electron chi connectivity index (χ1n) is 7.34. The fourth-order valence-electron chi connectivity index (χ4n) is 2.34. The molecule has 1 N–H and O–H groups in total. The lowest BCUT2D eigenvalue weighted by atomic mass is 10.1. The topological polar surface area (TPSA) is 92.6 Å². The van der Waals surface area contributed by atoms with Crippen LogP contribution in [0.4, 0.5) is 11.4 Å². The van der Waals surface area contributed by atoms with Gasteiger partial charge in [-0.15, -0.1) is 0 Å². The number of hydrogen-bond donors (Lipinski definition) is 1. The number of aryl methyl sites for hydroxylation is 1. The molecule has 1 heterocycles. The van der Waals surface area contributed by atoms with E-state index in [-0.39, 0.29) is 22.9 Å². The molecule has 0 aliphatic heterocycles. The van der Waals surface area contributed by atoms with Gasteiger partial charge in [-0.3, -0.25) is 10.1 Å². The summed E-state index contributed by atoms with van der Waals surface area (Å²) in [5.74, 6) is 0.157. The summed E-state index contributed by atoms with van der Waals surface area (Å²) < 4.78 is 4.95. The van der Waals surface area contributed by atoms with E-state index in [0.717, 1.165) is 18.8 Å². The van der Waals surface area contributed by atoms with Gasteiger partial charge in [0.05, 0.1) is 4.92 Å².